The molecule has 0 fully saturated rings. The van der Waals surface area contributed by atoms with Crippen molar-refractivity contribution in [3.8, 4) is 11.5 Å². The van der Waals surface area contributed by atoms with Crippen molar-refractivity contribution in [2.75, 3.05) is 11.9 Å². The normalized spacial score (nSPS) is 10.1. The minimum Gasteiger partial charge on any atom is -0.507 e. The number of anilines is 1. The number of ether oxygens (including phenoxy) is 1. The first kappa shape index (κ1) is 13.9. The van der Waals surface area contributed by atoms with Gasteiger partial charge >= 0.3 is 0 Å². The molecule has 0 unspecified atom stereocenters. The van der Waals surface area contributed by atoms with E-state index in [9.17, 15) is 9.90 Å². The van der Waals surface area contributed by atoms with Crippen LogP contribution in [-0.2, 0) is 0 Å². The van der Waals surface area contributed by atoms with Gasteiger partial charge in [0, 0.05) is 5.69 Å². The molecule has 0 saturated carbocycles. The fourth-order valence-electron chi connectivity index (χ4n) is 1.83. The van der Waals surface area contributed by atoms with Crippen molar-refractivity contribution in [2.45, 2.75) is 13.8 Å². The third-order valence-corrected chi connectivity index (χ3v) is 2.82. The fourth-order valence-corrected chi connectivity index (χ4v) is 1.83. The van der Waals surface area contributed by atoms with Gasteiger partial charge < -0.3 is 15.2 Å². The molecule has 104 valence electrons. The average Bonchev–Trinajstić information content (AvgIpc) is 2.44. The van der Waals surface area contributed by atoms with Gasteiger partial charge in [-0.1, -0.05) is 11.6 Å². The number of hydrogen-bond donors (Lipinski definition) is 2. The van der Waals surface area contributed by atoms with Gasteiger partial charge in [-0.15, -0.1) is 0 Å². The summed E-state index contributed by atoms with van der Waals surface area (Å²) in [6.45, 7) is 4.38. The number of amides is 1. The van der Waals surface area contributed by atoms with Crippen LogP contribution in [0.15, 0.2) is 42.5 Å². The van der Waals surface area contributed by atoms with Crippen molar-refractivity contribution in [1.82, 2.24) is 0 Å². The number of rotatable bonds is 4. The van der Waals surface area contributed by atoms with Crippen LogP contribution in [0.25, 0.3) is 0 Å². The van der Waals surface area contributed by atoms with E-state index in [0.717, 1.165) is 11.3 Å². The van der Waals surface area contributed by atoms with Crippen LogP contribution >= 0.6 is 0 Å². The number of carbonyl (C=O) groups is 1. The van der Waals surface area contributed by atoms with E-state index in [-0.39, 0.29) is 17.2 Å². The Morgan fingerprint density at radius 3 is 2.55 bits per heavy atom. The zero-order chi connectivity index (χ0) is 14.5. The predicted molar refractivity (Wildman–Crippen MR) is 78.4 cm³/mol. The first-order chi connectivity index (χ1) is 9.60. The van der Waals surface area contributed by atoms with Crippen molar-refractivity contribution in [3.63, 3.8) is 0 Å². The number of hydrogen-bond acceptors (Lipinski definition) is 3. The van der Waals surface area contributed by atoms with E-state index in [0.29, 0.717) is 12.3 Å². The molecule has 20 heavy (non-hydrogen) atoms. The van der Waals surface area contributed by atoms with E-state index in [1.165, 1.54) is 6.07 Å². The first-order valence-electron chi connectivity index (χ1n) is 6.44. The van der Waals surface area contributed by atoms with Crippen molar-refractivity contribution in [2.24, 2.45) is 0 Å². The lowest BCUT2D eigenvalue weighted by atomic mass is 10.1. The summed E-state index contributed by atoms with van der Waals surface area (Å²) in [6, 6.07) is 12.0. The number of benzene rings is 2. The standard InChI is InChI=1S/C16H17NO3/c1-3-20-13-7-5-12(6-8-13)17-16(19)14-10-11(2)4-9-15(14)18/h4-10,18H,3H2,1-2H3,(H,17,19). The van der Waals surface area contributed by atoms with Crippen LogP contribution in [0.4, 0.5) is 5.69 Å². The Bertz CT molecular complexity index is 606. The van der Waals surface area contributed by atoms with E-state index < -0.39 is 0 Å². The van der Waals surface area contributed by atoms with Crippen LogP contribution in [0.1, 0.15) is 22.8 Å². The Hall–Kier alpha value is -2.49. The zero-order valence-corrected chi connectivity index (χ0v) is 11.5. The molecule has 0 aliphatic heterocycles. The van der Waals surface area contributed by atoms with E-state index in [1.54, 1.807) is 36.4 Å². The number of aromatic hydroxyl groups is 1. The minimum atomic E-state index is -0.338. The molecule has 1 amide bonds. The van der Waals surface area contributed by atoms with Gasteiger partial charge in [-0.3, -0.25) is 4.79 Å². The lowest BCUT2D eigenvalue weighted by molar-refractivity contribution is 0.102. The van der Waals surface area contributed by atoms with Crippen LogP contribution in [0.3, 0.4) is 0 Å². The molecule has 2 aromatic rings. The molecule has 2 rings (SSSR count). The molecule has 0 atom stereocenters. The van der Waals surface area contributed by atoms with Crippen molar-refractivity contribution >= 4 is 11.6 Å². The van der Waals surface area contributed by atoms with E-state index in [1.807, 2.05) is 13.8 Å². The molecular weight excluding hydrogens is 254 g/mol. The van der Waals surface area contributed by atoms with Crippen LogP contribution in [0, 0.1) is 6.92 Å². The van der Waals surface area contributed by atoms with Crippen LogP contribution < -0.4 is 10.1 Å². The molecule has 4 heteroatoms. The molecule has 0 aliphatic rings. The van der Waals surface area contributed by atoms with Crippen LogP contribution in [0.5, 0.6) is 11.5 Å². The number of carbonyl (C=O) groups excluding carboxylic acids is 1. The molecule has 0 aliphatic carbocycles. The van der Waals surface area contributed by atoms with E-state index in [2.05, 4.69) is 5.32 Å². The van der Waals surface area contributed by atoms with Gasteiger partial charge in [-0.2, -0.15) is 0 Å². The van der Waals surface area contributed by atoms with Gasteiger partial charge in [-0.05, 0) is 50.2 Å². The van der Waals surface area contributed by atoms with Gasteiger partial charge in [0.05, 0.1) is 12.2 Å². The third kappa shape index (κ3) is 3.29. The smallest absolute Gasteiger partial charge is 0.259 e. The third-order valence-electron chi connectivity index (χ3n) is 2.82. The Kier molecular flexibility index (Phi) is 4.25. The summed E-state index contributed by atoms with van der Waals surface area (Å²) in [6.07, 6.45) is 0. The Balaban J connectivity index is 2.13. The minimum absolute atomic E-state index is 0.0287. The molecule has 4 nitrogen and oxygen atoms in total. The SMILES string of the molecule is CCOc1ccc(NC(=O)c2cc(C)ccc2O)cc1. The first-order valence-corrected chi connectivity index (χ1v) is 6.44. The molecule has 2 N–H and O–H groups in total. The van der Waals surface area contributed by atoms with Crippen LogP contribution in [-0.4, -0.2) is 17.6 Å². The highest BCUT2D eigenvalue weighted by Crippen LogP contribution is 2.21. The Morgan fingerprint density at radius 1 is 1.20 bits per heavy atom. The van der Waals surface area contributed by atoms with Gasteiger partial charge in [0.15, 0.2) is 0 Å². The zero-order valence-electron chi connectivity index (χ0n) is 11.5. The van der Waals surface area contributed by atoms with E-state index in [4.69, 9.17) is 4.74 Å². The highest BCUT2D eigenvalue weighted by molar-refractivity contribution is 6.06. The van der Waals surface area contributed by atoms with Gasteiger partial charge in [-0.25, -0.2) is 0 Å². The summed E-state index contributed by atoms with van der Waals surface area (Å²) in [5.74, 6) is 0.387. The summed E-state index contributed by atoms with van der Waals surface area (Å²) in [7, 11) is 0. The Labute approximate surface area is 118 Å². The molecular formula is C16H17NO3. The van der Waals surface area contributed by atoms with Crippen molar-refractivity contribution in [1.29, 1.82) is 0 Å². The predicted octanol–water partition coefficient (Wildman–Crippen LogP) is 3.35. The summed E-state index contributed by atoms with van der Waals surface area (Å²) >= 11 is 0. The highest BCUT2D eigenvalue weighted by Gasteiger charge is 2.11. The molecule has 0 spiro atoms. The summed E-state index contributed by atoms with van der Waals surface area (Å²) in [5, 5.41) is 12.5. The quantitative estimate of drug-likeness (QED) is 0.896. The summed E-state index contributed by atoms with van der Waals surface area (Å²) in [4.78, 5) is 12.1. The van der Waals surface area contributed by atoms with Crippen molar-refractivity contribution < 1.29 is 14.6 Å². The second-order valence-electron chi connectivity index (χ2n) is 4.43. The second-order valence-corrected chi connectivity index (χ2v) is 4.43. The second kappa shape index (κ2) is 6.10. The summed E-state index contributed by atoms with van der Waals surface area (Å²) in [5.41, 5.74) is 1.83. The largest absolute Gasteiger partial charge is 0.507 e. The van der Waals surface area contributed by atoms with Gasteiger partial charge in [0.25, 0.3) is 5.91 Å². The van der Waals surface area contributed by atoms with Gasteiger partial charge in [0.2, 0.25) is 0 Å². The molecule has 2 aromatic carbocycles. The average molecular weight is 271 g/mol. The van der Waals surface area contributed by atoms with Crippen LogP contribution in [0.2, 0.25) is 0 Å². The van der Waals surface area contributed by atoms with Gasteiger partial charge in [0.1, 0.15) is 11.5 Å². The lowest BCUT2D eigenvalue weighted by Crippen LogP contribution is -2.12. The Morgan fingerprint density at radius 2 is 1.90 bits per heavy atom. The number of nitrogens with one attached hydrogen (secondary N) is 1. The van der Waals surface area contributed by atoms with E-state index >= 15 is 0 Å². The molecule has 0 saturated heterocycles. The summed E-state index contributed by atoms with van der Waals surface area (Å²) < 4.78 is 5.33. The molecule has 0 radical (unpaired) electrons. The monoisotopic (exact) mass is 271 g/mol. The fraction of sp³-hybridized carbons (Fsp3) is 0.188. The number of phenols is 1. The molecule has 0 bridgehead atoms. The van der Waals surface area contributed by atoms with Crippen molar-refractivity contribution in [3.05, 3.63) is 53.6 Å². The highest BCUT2D eigenvalue weighted by atomic mass is 16.5. The molecule has 0 heterocycles. The maximum Gasteiger partial charge on any atom is 0.259 e. The maximum atomic E-state index is 12.1. The lowest BCUT2D eigenvalue weighted by Gasteiger charge is -2.08. The number of phenolic OH excluding ortho intramolecular Hbond substituents is 1. The maximum absolute atomic E-state index is 12.1. The number of aryl methyl sites for hydroxylation is 1. The molecule has 0 aromatic heterocycles. The topological polar surface area (TPSA) is 58.6 Å².